The van der Waals surface area contributed by atoms with Crippen molar-refractivity contribution in [3.8, 4) is 0 Å². The molecule has 0 aliphatic rings. The van der Waals surface area contributed by atoms with Gasteiger partial charge in [0.25, 0.3) is 5.69 Å². The third kappa shape index (κ3) is 3.64. The number of hydrogen-bond acceptors (Lipinski definition) is 3. The van der Waals surface area contributed by atoms with Gasteiger partial charge in [0.1, 0.15) is 5.82 Å². The van der Waals surface area contributed by atoms with E-state index in [4.69, 9.17) is 11.6 Å². The zero-order chi connectivity index (χ0) is 12.1. The molecule has 6 heteroatoms. The zero-order valence-electron chi connectivity index (χ0n) is 8.65. The quantitative estimate of drug-likeness (QED) is 0.352. The van der Waals surface area contributed by atoms with Crippen LogP contribution >= 0.6 is 23.4 Å². The lowest BCUT2D eigenvalue weighted by atomic mass is 10.3. The van der Waals surface area contributed by atoms with Crippen molar-refractivity contribution in [2.45, 2.75) is 11.8 Å². The second-order valence-corrected chi connectivity index (χ2v) is 4.81. The molecule has 0 saturated carbocycles. The molecule has 0 heterocycles. The molecule has 88 valence electrons. The third-order valence-corrected chi connectivity index (χ3v) is 3.82. The first-order valence-corrected chi connectivity index (χ1v) is 6.19. The van der Waals surface area contributed by atoms with Crippen molar-refractivity contribution in [3.05, 3.63) is 34.1 Å². The highest BCUT2D eigenvalue weighted by Crippen LogP contribution is 2.27. The van der Waals surface area contributed by atoms with E-state index >= 15 is 0 Å². The van der Waals surface area contributed by atoms with Crippen LogP contribution in [0.3, 0.4) is 0 Å². The maximum atomic E-state index is 13.4. The summed E-state index contributed by atoms with van der Waals surface area (Å²) in [6.07, 6.45) is 0. The molecular formula is C10H11ClFNO2S. The molecule has 1 atom stereocenters. The summed E-state index contributed by atoms with van der Waals surface area (Å²) in [4.78, 5) is 10.2. The molecule has 1 aromatic rings. The average molecular weight is 264 g/mol. The first kappa shape index (κ1) is 13.3. The monoisotopic (exact) mass is 263 g/mol. The van der Waals surface area contributed by atoms with E-state index in [0.29, 0.717) is 16.5 Å². The van der Waals surface area contributed by atoms with Gasteiger partial charge in [-0.15, -0.1) is 23.4 Å². The molecule has 0 aliphatic heterocycles. The number of halogens is 2. The number of thioether (sulfide) groups is 1. The van der Waals surface area contributed by atoms with Crippen LogP contribution in [0.15, 0.2) is 23.1 Å². The number of nitrogens with zero attached hydrogens (tertiary/aromatic N) is 1. The fourth-order valence-corrected chi connectivity index (χ4v) is 2.18. The normalized spacial score (nSPS) is 12.4. The molecule has 0 fully saturated rings. The van der Waals surface area contributed by atoms with Gasteiger partial charge in [0.15, 0.2) is 0 Å². The van der Waals surface area contributed by atoms with Gasteiger partial charge in [0.05, 0.1) is 11.0 Å². The van der Waals surface area contributed by atoms with Crippen molar-refractivity contribution in [1.29, 1.82) is 0 Å². The molecule has 0 saturated heterocycles. The van der Waals surface area contributed by atoms with Crippen molar-refractivity contribution in [3.63, 3.8) is 0 Å². The van der Waals surface area contributed by atoms with Crippen molar-refractivity contribution in [2.75, 3.05) is 11.6 Å². The molecule has 0 amide bonds. The molecule has 0 spiro atoms. The first-order chi connectivity index (χ1) is 7.54. The van der Waals surface area contributed by atoms with Gasteiger partial charge in [0, 0.05) is 22.6 Å². The van der Waals surface area contributed by atoms with Crippen LogP contribution in [0.25, 0.3) is 0 Å². The smallest absolute Gasteiger partial charge is 0.258 e. The van der Waals surface area contributed by atoms with Gasteiger partial charge in [-0.2, -0.15) is 0 Å². The summed E-state index contributed by atoms with van der Waals surface area (Å²) in [5.74, 6) is 0.932. The molecule has 0 N–H and O–H groups in total. The van der Waals surface area contributed by atoms with Gasteiger partial charge in [0.2, 0.25) is 0 Å². The van der Waals surface area contributed by atoms with E-state index in [1.807, 2.05) is 6.92 Å². The molecule has 0 radical (unpaired) electrons. The summed E-state index contributed by atoms with van der Waals surface area (Å²) < 4.78 is 13.4. The summed E-state index contributed by atoms with van der Waals surface area (Å²) in [6.45, 7) is 1.96. The average Bonchev–Trinajstić information content (AvgIpc) is 2.26. The Labute approximate surface area is 102 Å². The van der Waals surface area contributed by atoms with Gasteiger partial charge in [-0.3, -0.25) is 10.1 Å². The molecule has 0 aromatic heterocycles. The maximum absolute atomic E-state index is 13.4. The fraction of sp³-hybridized carbons (Fsp3) is 0.400. The lowest BCUT2D eigenvalue weighted by Crippen LogP contribution is -1.99. The van der Waals surface area contributed by atoms with E-state index in [1.54, 1.807) is 0 Å². The highest BCUT2D eigenvalue weighted by molar-refractivity contribution is 7.99. The number of non-ortho nitro benzene ring substituents is 1. The van der Waals surface area contributed by atoms with Crippen LogP contribution in [0.4, 0.5) is 10.1 Å². The van der Waals surface area contributed by atoms with Crippen LogP contribution in [0.5, 0.6) is 0 Å². The van der Waals surface area contributed by atoms with E-state index in [9.17, 15) is 14.5 Å². The minimum absolute atomic E-state index is 0.229. The minimum Gasteiger partial charge on any atom is -0.258 e. The van der Waals surface area contributed by atoms with Crippen LogP contribution < -0.4 is 0 Å². The van der Waals surface area contributed by atoms with Gasteiger partial charge in [-0.05, 0) is 12.0 Å². The van der Waals surface area contributed by atoms with E-state index in [1.165, 1.54) is 23.9 Å². The SMILES string of the molecule is CC(CCl)CSc1ccc([N+](=O)[O-])cc1F. The summed E-state index contributed by atoms with van der Waals surface area (Å²) in [5.41, 5.74) is -0.229. The Hall–Kier alpha value is -0.810. The van der Waals surface area contributed by atoms with Gasteiger partial charge < -0.3 is 0 Å². The number of nitro groups is 1. The molecule has 1 rings (SSSR count). The first-order valence-electron chi connectivity index (χ1n) is 4.67. The summed E-state index contributed by atoms with van der Waals surface area (Å²) in [6, 6.07) is 3.67. The Morgan fingerprint density at radius 2 is 2.31 bits per heavy atom. The Morgan fingerprint density at radius 3 is 2.81 bits per heavy atom. The Bertz CT molecular complexity index is 389. The number of rotatable bonds is 5. The maximum Gasteiger partial charge on any atom is 0.272 e. The van der Waals surface area contributed by atoms with Crippen LogP contribution in [-0.2, 0) is 0 Å². The van der Waals surface area contributed by atoms with Crippen LogP contribution in [0.1, 0.15) is 6.92 Å². The van der Waals surface area contributed by atoms with Gasteiger partial charge in [-0.25, -0.2) is 4.39 Å². The van der Waals surface area contributed by atoms with Gasteiger partial charge in [-0.1, -0.05) is 6.92 Å². The Balaban J connectivity index is 2.72. The Kier molecular flexibility index (Phi) is 5.02. The number of hydrogen-bond donors (Lipinski definition) is 0. The highest BCUT2D eigenvalue weighted by Gasteiger charge is 2.11. The lowest BCUT2D eigenvalue weighted by molar-refractivity contribution is -0.385. The minimum atomic E-state index is -0.612. The van der Waals surface area contributed by atoms with Crippen LogP contribution in [-0.4, -0.2) is 16.6 Å². The highest BCUT2D eigenvalue weighted by atomic mass is 35.5. The van der Waals surface area contributed by atoms with Crippen molar-refractivity contribution in [2.24, 2.45) is 5.92 Å². The zero-order valence-corrected chi connectivity index (χ0v) is 10.2. The van der Waals surface area contributed by atoms with E-state index in [-0.39, 0.29) is 11.6 Å². The predicted molar refractivity (Wildman–Crippen MR) is 63.7 cm³/mol. The summed E-state index contributed by atoms with van der Waals surface area (Å²) in [5, 5.41) is 10.4. The number of benzene rings is 1. The van der Waals surface area contributed by atoms with E-state index < -0.39 is 10.7 Å². The molecule has 3 nitrogen and oxygen atoms in total. The fourth-order valence-electron chi connectivity index (χ4n) is 0.997. The summed E-state index contributed by atoms with van der Waals surface area (Å²) >= 11 is 6.95. The van der Waals surface area contributed by atoms with Crippen molar-refractivity contribution >= 4 is 29.1 Å². The predicted octanol–water partition coefficient (Wildman–Crippen LogP) is 3.70. The molecule has 1 aromatic carbocycles. The molecule has 1 unspecified atom stereocenters. The Morgan fingerprint density at radius 1 is 1.62 bits per heavy atom. The largest absolute Gasteiger partial charge is 0.272 e. The number of nitro benzene ring substituents is 1. The number of alkyl halides is 1. The molecule has 0 aliphatic carbocycles. The second-order valence-electron chi connectivity index (χ2n) is 3.44. The third-order valence-electron chi connectivity index (χ3n) is 1.91. The summed E-state index contributed by atoms with van der Waals surface area (Å²) in [7, 11) is 0. The second kappa shape index (κ2) is 6.06. The van der Waals surface area contributed by atoms with Crippen LogP contribution in [0, 0.1) is 21.8 Å². The topological polar surface area (TPSA) is 43.1 Å². The van der Waals surface area contributed by atoms with Crippen LogP contribution in [0.2, 0.25) is 0 Å². The van der Waals surface area contributed by atoms with E-state index in [2.05, 4.69) is 0 Å². The van der Waals surface area contributed by atoms with Crippen molar-refractivity contribution < 1.29 is 9.31 Å². The van der Waals surface area contributed by atoms with E-state index in [0.717, 1.165) is 6.07 Å². The lowest BCUT2D eigenvalue weighted by Gasteiger charge is -2.07. The van der Waals surface area contributed by atoms with Crippen molar-refractivity contribution in [1.82, 2.24) is 0 Å². The molecular weight excluding hydrogens is 253 g/mol. The van der Waals surface area contributed by atoms with Gasteiger partial charge >= 0.3 is 0 Å². The molecule has 0 bridgehead atoms. The molecule has 16 heavy (non-hydrogen) atoms. The standard InChI is InChI=1S/C10H11ClFNO2S/c1-7(5-11)6-16-10-3-2-8(13(14)15)4-9(10)12/h2-4,7H,5-6H2,1H3.